The summed E-state index contributed by atoms with van der Waals surface area (Å²) in [4.78, 5) is 12.2. The Bertz CT molecular complexity index is 818. The number of carbonyl (C=O) groups excluding carboxylic acids is 1. The number of nitrogens with one attached hydrogen (secondary N) is 2. The summed E-state index contributed by atoms with van der Waals surface area (Å²) >= 11 is 6.03. The van der Waals surface area contributed by atoms with Gasteiger partial charge in [0.1, 0.15) is 0 Å². The molecule has 5 nitrogen and oxygen atoms in total. The summed E-state index contributed by atoms with van der Waals surface area (Å²) in [6.45, 7) is 2.04. The first-order chi connectivity index (χ1) is 10.8. The lowest BCUT2D eigenvalue weighted by Crippen LogP contribution is -2.13. The van der Waals surface area contributed by atoms with Crippen LogP contribution >= 0.6 is 11.6 Å². The molecule has 0 heterocycles. The fraction of sp³-hybridized carbons (Fsp3) is 0.188. The van der Waals surface area contributed by atoms with Crippen LogP contribution in [0, 0.1) is 0 Å². The lowest BCUT2D eigenvalue weighted by Gasteiger charge is -2.10. The number of anilines is 2. The van der Waals surface area contributed by atoms with Gasteiger partial charge in [0.05, 0.1) is 17.0 Å². The summed E-state index contributed by atoms with van der Waals surface area (Å²) in [7, 11) is -3.41. The number of amides is 1. The topological polar surface area (TPSA) is 75.3 Å². The molecule has 0 atom stereocenters. The van der Waals surface area contributed by atoms with Crippen molar-refractivity contribution in [3.05, 3.63) is 58.6 Å². The fourth-order valence-electron chi connectivity index (χ4n) is 1.97. The quantitative estimate of drug-likeness (QED) is 0.864. The molecule has 0 bridgehead atoms. The standard InChI is InChI=1S/C16H17ClN2O3S/c1-3-11-4-6-12(7-5-11)16(20)18-13-8-9-15(14(17)10-13)19-23(2,21)22/h4-10,19H,3H2,1-2H3,(H,18,20). The molecule has 0 aliphatic carbocycles. The highest BCUT2D eigenvalue weighted by molar-refractivity contribution is 7.92. The van der Waals surface area contributed by atoms with Gasteiger partial charge < -0.3 is 5.32 Å². The van der Waals surface area contributed by atoms with Crippen molar-refractivity contribution in [1.29, 1.82) is 0 Å². The number of benzene rings is 2. The highest BCUT2D eigenvalue weighted by Gasteiger charge is 2.10. The van der Waals surface area contributed by atoms with Crippen molar-refractivity contribution in [1.82, 2.24) is 0 Å². The van der Waals surface area contributed by atoms with Crippen LogP contribution in [0.3, 0.4) is 0 Å². The molecule has 0 unspecified atom stereocenters. The molecule has 2 aromatic carbocycles. The highest BCUT2D eigenvalue weighted by atomic mass is 35.5. The van der Waals surface area contributed by atoms with Crippen molar-refractivity contribution in [2.24, 2.45) is 0 Å². The van der Waals surface area contributed by atoms with Gasteiger partial charge in [0, 0.05) is 11.3 Å². The van der Waals surface area contributed by atoms with Crippen LogP contribution in [0.1, 0.15) is 22.8 Å². The van der Waals surface area contributed by atoms with Crippen molar-refractivity contribution in [2.75, 3.05) is 16.3 Å². The Balaban J connectivity index is 2.13. The number of hydrogen-bond acceptors (Lipinski definition) is 3. The summed E-state index contributed by atoms with van der Waals surface area (Å²) in [5.41, 5.74) is 2.44. The SMILES string of the molecule is CCc1ccc(C(=O)Nc2ccc(NS(C)(=O)=O)c(Cl)c2)cc1. The van der Waals surface area contributed by atoms with Gasteiger partial charge in [-0.2, -0.15) is 0 Å². The first-order valence-electron chi connectivity index (χ1n) is 6.96. The lowest BCUT2D eigenvalue weighted by molar-refractivity contribution is 0.102. The average molecular weight is 353 g/mol. The Hall–Kier alpha value is -2.05. The van der Waals surface area contributed by atoms with Gasteiger partial charge >= 0.3 is 0 Å². The van der Waals surface area contributed by atoms with Crippen molar-refractivity contribution in [3.63, 3.8) is 0 Å². The summed E-state index contributed by atoms with van der Waals surface area (Å²) in [6.07, 6.45) is 1.95. The predicted octanol–water partition coefficient (Wildman–Crippen LogP) is 3.53. The van der Waals surface area contributed by atoms with Crippen LogP contribution in [0.25, 0.3) is 0 Å². The zero-order valence-electron chi connectivity index (χ0n) is 12.8. The molecule has 1 amide bonds. The third kappa shape index (κ3) is 4.97. The van der Waals surface area contributed by atoms with Gasteiger partial charge in [0.2, 0.25) is 10.0 Å². The normalized spacial score (nSPS) is 11.1. The molecule has 7 heteroatoms. The first-order valence-corrected chi connectivity index (χ1v) is 9.23. The Morgan fingerprint density at radius 2 is 1.78 bits per heavy atom. The Morgan fingerprint density at radius 1 is 1.13 bits per heavy atom. The monoisotopic (exact) mass is 352 g/mol. The second-order valence-electron chi connectivity index (χ2n) is 5.07. The number of sulfonamides is 1. The molecule has 0 spiro atoms. The molecule has 0 saturated heterocycles. The summed E-state index contributed by atoms with van der Waals surface area (Å²) in [6, 6.07) is 11.9. The van der Waals surface area contributed by atoms with Crippen LogP contribution in [-0.4, -0.2) is 20.6 Å². The van der Waals surface area contributed by atoms with E-state index in [1.54, 1.807) is 18.2 Å². The number of hydrogen-bond donors (Lipinski definition) is 2. The van der Waals surface area contributed by atoms with Crippen molar-refractivity contribution in [3.8, 4) is 0 Å². The number of aryl methyl sites for hydroxylation is 1. The summed E-state index contributed by atoms with van der Waals surface area (Å²) in [5.74, 6) is -0.257. The molecular formula is C16H17ClN2O3S. The van der Waals surface area contributed by atoms with Gasteiger partial charge in [0.25, 0.3) is 5.91 Å². The Labute approximate surface area is 140 Å². The molecule has 2 N–H and O–H groups in total. The molecule has 0 saturated carbocycles. The van der Waals surface area contributed by atoms with Crippen LogP contribution in [-0.2, 0) is 16.4 Å². The van der Waals surface area contributed by atoms with E-state index in [1.807, 2.05) is 19.1 Å². The second-order valence-corrected chi connectivity index (χ2v) is 7.23. The third-order valence-corrected chi connectivity index (χ3v) is 4.05. The van der Waals surface area contributed by atoms with Gasteiger partial charge in [-0.25, -0.2) is 8.42 Å². The van der Waals surface area contributed by atoms with E-state index in [2.05, 4.69) is 10.0 Å². The number of halogens is 1. The van der Waals surface area contributed by atoms with Crippen molar-refractivity contribution < 1.29 is 13.2 Å². The largest absolute Gasteiger partial charge is 0.322 e. The van der Waals surface area contributed by atoms with Crippen LogP contribution in [0.4, 0.5) is 11.4 Å². The van der Waals surface area contributed by atoms with Crippen LogP contribution < -0.4 is 10.0 Å². The zero-order valence-corrected chi connectivity index (χ0v) is 14.3. The fourth-order valence-corrected chi connectivity index (χ4v) is 2.83. The van der Waals surface area contributed by atoms with Gasteiger partial charge in [-0.3, -0.25) is 9.52 Å². The lowest BCUT2D eigenvalue weighted by atomic mass is 10.1. The highest BCUT2D eigenvalue weighted by Crippen LogP contribution is 2.26. The van der Waals surface area contributed by atoms with Crippen LogP contribution in [0.15, 0.2) is 42.5 Å². The van der Waals surface area contributed by atoms with Gasteiger partial charge in [-0.15, -0.1) is 0 Å². The number of carbonyl (C=O) groups is 1. The average Bonchev–Trinajstić information content (AvgIpc) is 2.49. The maximum Gasteiger partial charge on any atom is 0.255 e. The maximum absolute atomic E-state index is 12.2. The number of rotatable bonds is 5. The van der Waals surface area contributed by atoms with E-state index in [-0.39, 0.29) is 16.6 Å². The van der Waals surface area contributed by atoms with E-state index in [0.29, 0.717) is 11.3 Å². The predicted molar refractivity (Wildman–Crippen MR) is 93.7 cm³/mol. The molecule has 122 valence electrons. The van der Waals surface area contributed by atoms with Crippen molar-refractivity contribution in [2.45, 2.75) is 13.3 Å². The third-order valence-electron chi connectivity index (χ3n) is 3.15. The first kappa shape index (κ1) is 17.3. The molecule has 0 aliphatic heterocycles. The second kappa shape index (κ2) is 7.02. The zero-order chi connectivity index (χ0) is 17.0. The van der Waals surface area contributed by atoms with Crippen molar-refractivity contribution >= 4 is 38.9 Å². The van der Waals surface area contributed by atoms with E-state index < -0.39 is 10.0 Å². The van der Waals surface area contributed by atoms with Gasteiger partial charge in [-0.1, -0.05) is 30.7 Å². The molecular weight excluding hydrogens is 336 g/mol. The molecule has 0 aliphatic rings. The summed E-state index contributed by atoms with van der Waals surface area (Å²) < 4.78 is 24.7. The minimum atomic E-state index is -3.41. The molecule has 0 fully saturated rings. The summed E-state index contributed by atoms with van der Waals surface area (Å²) in [5, 5.41) is 2.93. The molecule has 0 aromatic heterocycles. The van der Waals surface area contributed by atoms with Crippen LogP contribution in [0.5, 0.6) is 0 Å². The minimum absolute atomic E-state index is 0.203. The molecule has 23 heavy (non-hydrogen) atoms. The van der Waals surface area contributed by atoms with E-state index in [9.17, 15) is 13.2 Å². The molecule has 2 rings (SSSR count). The van der Waals surface area contributed by atoms with E-state index in [4.69, 9.17) is 11.6 Å². The Morgan fingerprint density at radius 3 is 2.30 bits per heavy atom. The van der Waals surface area contributed by atoms with E-state index in [0.717, 1.165) is 18.2 Å². The van der Waals surface area contributed by atoms with Gasteiger partial charge in [-0.05, 0) is 42.3 Å². The maximum atomic E-state index is 12.2. The van der Waals surface area contributed by atoms with E-state index in [1.165, 1.54) is 12.1 Å². The van der Waals surface area contributed by atoms with Gasteiger partial charge in [0.15, 0.2) is 0 Å². The minimum Gasteiger partial charge on any atom is -0.322 e. The molecule has 2 aromatic rings. The smallest absolute Gasteiger partial charge is 0.255 e. The van der Waals surface area contributed by atoms with Crippen LogP contribution in [0.2, 0.25) is 5.02 Å². The Kier molecular flexibility index (Phi) is 5.28. The van der Waals surface area contributed by atoms with E-state index >= 15 is 0 Å². The molecule has 0 radical (unpaired) electrons.